The number of nitrogens with one attached hydrogen (secondary N) is 1. The normalized spacial score (nSPS) is 46.0. The zero-order valence-electron chi connectivity index (χ0n) is 16.6. The van der Waals surface area contributed by atoms with Crippen LogP contribution in [0, 0.1) is 23.2 Å². The number of epoxide rings is 1. The maximum absolute atomic E-state index is 12.7. The second kappa shape index (κ2) is 6.05. The molecule has 1 spiro atoms. The van der Waals surface area contributed by atoms with Gasteiger partial charge in [0.2, 0.25) is 0 Å². The SMILES string of the molecule is C[C@H](NCC1C(=O)O[C@@H]2C[C@@]3(C)CCC[C@H](C)C34OC4[C@H]12)c1ccccc1. The number of carbonyl (C=O) groups is 1. The van der Waals surface area contributed by atoms with Crippen molar-refractivity contribution in [1.29, 1.82) is 0 Å². The number of ether oxygens (including phenoxy) is 2. The average molecular weight is 370 g/mol. The number of esters is 1. The van der Waals surface area contributed by atoms with Crippen molar-refractivity contribution in [2.24, 2.45) is 23.2 Å². The number of hydrogen-bond donors (Lipinski definition) is 1. The first-order chi connectivity index (χ1) is 13.0. The predicted molar refractivity (Wildman–Crippen MR) is 103 cm³/mol. The van der Waals surface area contributed by atoms with Crippen LogP contribution < -0.4 is 5.32 Å². The van der Waals surface area contributed by atoms with E-state index in [1.807, 2.05) is 6.07 Å². The Morgan fingerprint density at radius 2 is 2.07 bits per heavy atom. The number of hydrogen-bond acceptors (Lipinski definition) is 4. The Hall–Kier alpha value is -1.39. The molecule has 0 bridgehead atoms. The van der Waals surface area contributed by atoms with E-state index in [1.165, 1.54) is 24.8 Å². The van der Waals surface area contributed by atoms with Crippen LogP contribution in [0.5, 0.6) is 0 Å². The number of rotatable bonds is 4. The van der Waals surface area contributed by atoms with E-state index in [9.17, 15) is 4.79 Å². The van der Waals surface area contributed by atoms with Crippen molar-refractivity contribution in [3.8, 4) is 0 Å². The van der Waals surface area contributed by atoms with E-state index in [2.05, 4.69) is 50.4 Å². The van der Waals surface area contributed by atoms with Gasteiger partial charge in [-0.25, -0.2) is 0 Å². The van der Waals surface area contributed by atoms with Crippen LogP contribution in [0.1, 0.15) is 58.1 Å². The number of carbonyl (C=O) groups excluding carboxylic acids is 1. The quantitative estimate of drug-likeness (QED) is 0.647. The van der Waals surface area contributed by atoms with Gasteiger partial charge in [-0.1, -0.05) is 50.6 Å². The van der Waals surface area contributed by atoms with E-state index in [0.29, 0.717) is 12.5 Å². The van der Waals surface area contributed by atoms with Crippen LogP contribution in [-0.2, 0) is 14.3 Å². The minimum atomic E-state index is -0.0933. The van der Waals surface area contributed by atoms with Crippen LogP contribution in [0.25, 0.3) is 0 Å². The molecule has 2 saturated heterocycles. The maximum atomic E-state index is 12.7. The topological polar surface area (TPSA) is 50.9 Å². The zero-order chi connectivity index (χ0) is 18.8. The Bertz CT molecular complexity index is 736. The lowest BCUT2D eigenvalue weighted by Gasteiger charge is -2.48. The van der Waals surface area contributed by atoms with Gasteiger partial charge in [-0.05, 0) is 37.7 Å². The lowest BCUT2D eigenvalue weighted by molar-refractivity contribution is -0.146. The van der Waals surface area contributed by atoms with Gasteiger partial charge in [0.15, 0.2) is 0 Å². The molecule has 2 saturated carbocycles. The number of benzene rings is 1. The van der Waals surface area contributed by atoms with Crippen molar-refractivity contribution in [2.75, 3.05) is 6.54 Å². The fraction of sp³-hybridized carbons (Fsp3) is 0.696. The third-order valence-electron chi connectivity index (χ3n) is 8.14. The van der Waals surface area contributed by atoms with Crippen LogP contribution in [0.4, 0.5) is 0 Å². The molecule has 2 heterocycles. The van der Waals surface area contributed by atoms with Crippen molar-refractivity contribution in [1.82, 2.24) is 5.32 Å². The molecule has 8 atom stereocenters. The van der Waals surface area contributed by atoms with Crippen molar-refractivity contribution in [3.05, 3.63) is 35.9 Å². The van der Waals surface area contributed by atoms with E-state index in [4.69, 9.17) is 9.47 Å². The first-order valence-corrected chi connectivity index (χ1v) is 10.6. The summed E-state index contributed by atoms with van der Waals surface area (Å²) < 4.78 is 12.4. The molecule has 4 nitrogen and oxygen atoms in total. The standard InChI is InChI=1S/C23H31NO3/c1-14-8-7-11-22(3)12-18-19(20-23(14,22)27-20)17(21(25)26-18)13-24-15(2)16-9-5-4-6-10-16/h4-6,9-10,14-15,17-20,24H,7-8,11-13H2,1-3H3/t14-,15-,17?,18+,19+,20?,22+,23?/m0/s1. The summed E-state index contributed by atoms with van der Waals surface area (Å²) in [5.74, 6) is 0.666. The van der Waals surface area contributed by atoms with Crippen molar-refractivity contribution >= 4 is 5.97 Å². The molecule has 4 heteroatoms. The summed E-state index contributed by atoms with van der Waals surface area (Å²) in [7, 11) is 0. The summed E-state index contributed by atoms with van der Waals surface area (Å²) in [5, 5.41) is 3.58. The van der Waals surface area contributed by atoms with Crippen LogP contribution >= 0.6 is 0 Å². The molecule has 1 N–H and O–H groups in total. The van der Waals surface area contributed by atoms with E-state index >= 15 is 0 Å². The van der Waals surface area contributed by atoms with Gasteiger partial charge in [-0.3, -0.25) is 4.79 Å². The van der Waals surface area contributed by atoms with Gasteiger partial charge in [0.05, 0.1) is 12.0 Å². The summed E-state index contributed by atoms with van der Waals surface area (Å²) in [6, 6.07) is 10.6. The van der Waals surface area contributed by atoms with Crippen LogP contribution in [0.3, 0.4) is 0 Å². The summed E-state index contributed by atoms with van der Waals surface area (Å²) >= 11 is 0. The largest absolute Gasteiger partial charge is 0.462 e. The molecule has 2 aliphatic heterocycles. The Morgan fingerprint density at radius 3 is 2.85 bits per heavy atom. The average Bonchev–Trinajstić information content (AvgIpc) is 3.34. The summed E-state index contributed by atoms with van der Waals surface area (Å²) in [6.07, 6.45) is 4.90. The first-order valence-electron chi connectivity index (χ1n) is 10.6. The molecule has 4 aliphatic rings. The lowest BCUT2D eigenvalue weighted by Crippen LogP contribution is -2.54. The van der Waals surface area contributed by atoms with Gasteiger partial charge in [0.25, 0.3) is 0 Å². The van der Waals surface area contributed by atoms with Crippen LogP contribution in [0.2, 0.25) is 0 Å². The van der Waals surface area contributed by atoms with Crippen molar-refractivity contribution in [3.63, 3.8) is 0 Å². The molecular weight excluding hydrogens is 338 g/mol. The Labute approximate surface area is 162 Å². The third-order valence-corrected chi connectivity index (χ3v) is 8.14. The fourth-order valence-electron chi connectivity index (χ4n) is 6.63. The van der Waals surface area contributed by atoms with Gasteiger partial charge in [-0.2, -0.15) is 0 Å². The molecule has 0 radical (unpaired) electrons. The van der Waals surface area contributed by atoms with Crippen molar-refractivity contribution < 1.29 is 14.3 Å². The molecule has 5 rings (SSSR count). The number of fused-ring (bicyclic) bond motifs is 2. The Kier molecular flexibility index (Phi) is 3.97. The molecule has 0 amide bonds. The highest BCUT2D eigenvalue weighted by Crippen LogP contribution is 2.70. The summed E-state index contributed by atoms with van der Waals surface area (Å²) in [6.45, 7) is 7.54. The second-order valence-electron chi connectivity index (χ2n) is 9.59. The van der Waals surface area contributed by atoms with Gasteiger partial charge < -0.3 is 14.8 Å². The van der Waals surface area contributed by atoms with E-state index < -0.39 is 0 Å². The molecule has 146 valence electrons. The molecule has 3 unspecified atom stereocenters. The van der Waals surface area contributed by atoms with E-state index in [1.54, 1.807) is 0 Å². The molecule has 1 aromatic carbocycles. The molecule has 27 heavy (non-hydrogen) atoms. The summed E-state index contributed by atoms with van der Waals surface area (Å²) in [4.78, 5) is 12.7. The van der Waals surface area contributed by atoms with Crippen LogP contribution in [0.15, 0.2) is 30.3 Å². The molecule has 2 aliphatic carbocycles. The van der Waals surface area contributed by atoms with Crippen molar-refractivity contribution in [2.45, 2.75) is 70.3 Å². The fourth-order valence-corrected chi connectivity index (χ4v) is 6.63. The Balaban J connectivity index is 1.34. The zero-order valence-corrected chi connectivity index (χ0v) is 16.6. The van der Waals surface area contributed by atoms with Gasteiger partial charge in [0.1, 0.15) is 11.7 Å². The van der Waals surface area contributed by atoms with Gasteiger partial charge in [-0.15, -0.1) is 0 Å². The smallest absolute Gasteiger partial charge is 0.311 e. The minimum Gasteiger partial charge on any atom is -0.462 e. The van der Waals surface area contributed by atoms with Gasteiger partial charge >= 0.3 is 5.97 Å². The lowest BCUT2D eigenvalue weighted by atomic mass is 9.53. The molecule has 1 aromatic rings. The predicted octanol–water partition coefficient (Wildman–Crippen LogP) is 3.86. The monoisotopic (exact) mass is 369 g/mol. The Morgan fingerprint density at radius 1 is 1.30 bits per heavy atom. The van der Waals surface area contributed by atoms with Crippen LogP contribution in [-0.4, -0.2) is 30.3 Å². The first kappa shape index (κ1) is 17.7. The van der Waals surface area contributed by atoms with E-state index in [0.717, 1.165) is 6.42 Å². The highest BCUT2D eigenvalue weighted by molar-refractivity contribution is 5.76. The molecular formula is C23H31NO3. The minimum absolute atomic E-state index is 0.0102. The molecule has 4 fully saturated rings. The highest BCUT2D eigenvalue weighted by Gasteiger charge is 2.78. The highest BCUT2D eigenvalue weighted by atomic mass is 16.6. The van der Waals surface area contributed by atoms with Gasteiger partial charge in [0, 0.05) is 23.9 Å². The summed E-state index contributed by atoms with van der Waals surface area (Å²) in [5.41, 5.74) is 1.40. The van der Waals surface area contributed by atoms with E-state index in [-0.39, 0.29) is 47.1 Å². The maximum Gasteiger partial charge on any atom is 0.311 e. The molecule has 0 aromatic heterocycles. The second-order valence-corrected chi connectivity index (χ2v) is 9.59. The third kappa shape index (κ3) is 2.45.